The van der Waals surface area contributed by atoms with Gasteiger partial charge < -0.3 is 65.1 Å². The molecule has 2 fully saturated rings. The Balaban J connectivity index is 1.80. The molecule has 14 nitrogen and oxygen atoms in total. The van der Waals surface area contributed by atoms with Crippen molar-refractivity contribution in [2.45, 2.75) is 274 Å². The number of nitrogens with one attached hydrogen (secondary N) is 1. The van der Waals surface area contributed by atoms with Crippen LogP contribution in [-0.2, 0) is 23.7 Å². The summed E-state index contributed by atoms with van der Waals surface area (Å²) in [6.07, 6.45) is 60.6. The summed E-state index contributed by atoms with van der Waals surface area (Å²) in [5.41, 5.74) is 0. The Hall–Kier alpha value is -3.87. The molecule has 2 rings (SSSR count). The van der Waals surface area contributed by atoms with Gasteiger partial charge >= 0.3 is 0 Å². The Kier molecular flexibility index (Phi) is 47.5. The lowest BCUT2D eigenvalue weighted by Crippen LogP contribution is -2.65. The number of hydrogen-bond donors (Lipinski definition) is 9. The van der Waals surface area contributed by atoms with Crippen LogP contribution in [0.15, 0.2) is 134 Å². The van der Waals surface area contributed by atoms with Gasteiger partial charge in [0.15, 0.2) is 12.6 Å². The maximum atomic E-state index is 13.3. The zero-order chi connectivity index (χ0) is 60.2. The third kappa shape index (κ3) is 37.3. The van der Waals surface area contributed by atoms with Crippen LogP contribution in [-0.4, -0.2) is 140 Å². The summed E-state index contributed by atoms with van der Waals surface area (Å²) < 4.78 is 22.8. The summed E-state index contributed by atoms with van der Waals surface area (Å²) in [6, 6.07) is -0.973. The number of rotatable bonds is 49. The van der Waals surface area contributed by atoms with Crippen molar-refractivity contribution in [3.63, 3.8) is 0 Å². The highest BCUT2D eigenvalue weighted by molar-refractivity contribution is 5.76. The van der Waals surface area contributed by atoms with Gasteiger partial charge in [-0.05, 0) is 109 Å². The van der Waals surface area contributed by atoms with E-state index < -0.39 is 86.8 Å². The minimum Gasteiger partial charge on any atom is -0.394 e. The molecule has 472 valence electrons. The minimum atomic E-state index is -1.80. The van der Waals surface area contributed by atoms with E-state index in [1.165, 1.54) is 77.0 Å². The van der Waals surface area contributed by atoms with E-state index in [1.807, 2.05) is 6.08 Å². The van der Waals surface area contributed by atoms with E-state index in [2.05, 4.69) is 141 Å². The fourth-order valence-corrected chi connectivity index (χ4v) is 9.45. The first-order valence-corrected chi connectivity index (χ1v) is 31.9. The molecule has 0 spiro atoms. The van der Waals surface area contributed by atoms with E-state index in [4.69, 9.17) is 18.9 Å². The second kappa shape index (κ2) is 52.5. The highest BCUT2D eigenvalue weighted by Crippen LogP contribution is 2.30. The molecule has 12 atom stereocenters. The number of carbonyl (C=O) groups is 1. The molecule has 14 heteroatoms. The second-order valence-corrected chi connectivity index (χ2v) is 21.8. The standard InChI is InChI=1S/C69H113NO13/c1-3-5-7-9-11-13-15-17-19-21-23-25-27-28-29-30-31-33-35-37-39-41-43-45-47-49-51-53-61(74)70-57(56-80-68-66(79)64(77)67(60(55-72)82-68)83-69-65(78)63(76)62(75)59(54-71)81-69)58(73)52-50-48-46-44-42-40-38-36-34-32-26-24-22-20-18-16-14-12-10-8-6-4-2/h5,7,11,13,17,19,23,25,28-29,31,33-34,36-37,39,42-45,50,52,57-60,62-69,71-73,75-79H,3-4,6,8-10,12,14-16,18,20-22,24,26-27,30,32,35,38,40-41,46-49,51,53-56H2,1-2H3,(H,70,74)/b7-5-,13-11-,19-17-,25-23-,29-28-,33-31-,36-34+,39-37-,44-42+,45-43-,52-50+. The molecule has 12 unspecified atom stereocenters. The molecule has 0 aromatic rings. The van der Waals surface area contributed by atoms with Gasteiger partial charge in [0.1, 0.15) is 48.8 Å². The highest BCUT2D eigenvalue weighted by Gasteiger charge is 2.51. The number of unbranched alkanes of at least 4 members (excludes halogenated alkanes) is 16. The predicted molar refractivity (Wildman–Crippen MR) is 336 cm³/mol. The number of amides is 1. The maximum Gasteiger partial charge on any atom is 0.220 e. The lowest BCUT2D eigenvalue weighted by molar-refractivity contribution is -0.359. The van der Waals surface area contributed by atoms with Crippen molar-refractivity contribution < 1.29 is 64.6 Å². The zero-order valence-corrected chi connectivity index (χ0v) is 50.9. The van der Waals surface area contributed by atoms with Gasteiger partial charge in [-0.15, -0.1) is 0 Å². The highest BCUT2D eigenvalue weighted by atomic mass is 16.7. The summed E-state index contributed by atoms with van der Waals surface area (Å²) in [5, 5.41) is 87.2. The number of hydrogen-bond acceptors (Lipinski definition) is 13. The molecule has 2 saturated heterocycles. The van der Waals surface area contributed by atoms with E-state index in [9.17, 15) is 45.6 Å². The van der Waals surface area contributed by atoms with Crippen molar-refractivity contribution in [2.75, 3.05) is 19.8 Å². The summed E-state index contributed by atoms with van der Waals surface area (Å²) in [7, 11) is 0. The number of aliphatic hydroxyl groups is 8. The largest absolute Gasteiger partial charge is 0.394 e. The molecule has 0 saturated carbocycles. The molecule has 83 heavy (non-hydrogen) atoms. The van der Waals surface area contributed by atoms with Crippen molar-refractivity contribution in [1.82, 2.24) is 5.32 Å². The number of carbonyl (C=O) groups excluding carboxylic acids is 1. The van der Waals surface area contributed by atoms with E-state index in [1.54, 1.807) is 6.08 Å². The van der Waals surface area contributed by atoms with Crippen LogP contribution in [0.4, 0.5) is 0 Å². The third-order valence-corrected chi connectivity index (χ3v) is 14.5. The van der Waals surface area contributed by atoms with E-state index in [0.717, 1.165) is 89.9 Å². The summed E-state index contributed by atoms with van der Waals surface area (Å²) in [6.45, 7) is 2.62. The lowest BCUT2D eigenvalue weighted by atomic mass is 9.97. The molecule has 0 aromatic heterocycles. The van der Waals surface area contributed by atoms with Crippen LogP contribution in [0.5, 0.6) is 0 Å². The van der Waals surface area contributed by atoms with Gasteiger partial charge in [-0.2, -0.15) is 0 Å². The predicted octanol–water partition coefficient (Wildman–Crippen LogP) is 11.9. The Labute approximate surface area is 500 Å². The van der Waals surface area contributed by atoms with Gasteiger partial charge in [0, 0.05) is 6.42 Å². The average molecular weight is 1160 g/mol. The first-order valence-electron chi connectivity index (χ1n) is 31.9. The number of ether oxygens (including phenoxy) is 4. The van der Waals surface area contributed by atoms with Crippen molar-refractivity contribution >= 4 is 5.91 Å². The molecule has 1 amide bonds. The van der Waals surface area contributed by atoms with Gasteiger partial charge in [-0.3, -0.25) is 4.79 Å². The van der Waals surface area contributed by atoms with Gasteiger partial charge in [0.05, 0.1) is 32.0 Å². The third-order valence-electron chi connectivity index (χ3n) is 14.5. The molecule has 2 heterocycles. The second-order valence-electron chi connectivity index (χ2n) is 21.8. The number of aliphatic hydroxyl groups excluding tert-OH is 8. The molecule has 2 aliphatic heterocycles. The molecule has 2 aliphatic rings. The Morgan fingerprint density at radius 3 is 1.33 bits per heavy atom. The Bertz CT molecular complexity index is 1900. The summed E-state index contributed by atoms with van der Waals surface area (Å²) in [5.74, 6) is -0.301. The molecular formula is C69H113NO13. The van der Waals surface area contributed by atoms with Crippen LogP contribution in [0.1, 0.15) is 200 Å². The van der Waals surface area contributed by atoms with Crippen molar-refractivity contribution in [3.8, 4) is 0 Å². The Morgan fingerprint density at radius 1 is 0.446 bits per heavy atom. The minimum absolute atomic E-state index is 0.205. The van der Waals surface area contributed by atoms with Crippen LogP contribution < -0.4 is 5.32 Å². The first kappa shape index (κ1) is 75.2. The quantitative estimate of drug-likeness (QED) is 0.0204. The van der Waals surface area contributed by atoms with Crippen LogP contribution in [0.25, 0.3) is 0 Å². The maximum absolute atomic E-state index is 13.3. The van der Waals surface area contributed by atoms with E-state index in [0.29, 0.717) is 12.8 Å². The molecule has 0 bridgehead atoms. The van der Waals surface area contributed by atoms with Crippen LogP contribution in [0.3, 0.4) is 0 Å². The van der Waals surface area contributed by atoms with Gasteiger partial charge in [-0.1, -0.05) is 218 Å². The van der Waals surface area contributed by atoms with Crippen molar-refractivity contribution in [3.05, 3.63) is 134 Å². The van der Waals surface area contributed by atoms with Crippen LogP contribution in [0, 0.1) is 0 Å². The molecule has 9 N–H and O–H groups in total. The van der Waals surface area contributed by atoms with Gasteiger partial charge in [-0.25, -0.2) is 0 Å². The fraction of sp³-hybridized carbons (Fsp3) is 0.667. The van der Waals surface area contributed by atoms with Gasteiger partial charge in [0.2, 0.25) is 5.91 Å². The normalized spacial score (nSPS) is 24.7. The molecule has 0 aromatic carbocycles. The Morgan fingerprint density at radius 2 is 0.843 bits per heavy atom. The molecule has 0 aliphatic carbocycles. The van der Waals surface area contributed by atoms with Crippen molar-refractivity contribution in [2.24, 2.45) is 0 Å². The van der Waals surface area contributed by atoms with Crippen molar-refractivity contribution in [1.29, 1.82) is 0 Å². The van der Waals surface area contributed by atoms with Crippen LogP contribution >= 0.6 is 0 Å². The lowest BCUT2D eigenvalue weighted by Gasteiger charge is -2.46. The zero-order valence-electron chi connectivity index (χ0n) is 50.9. The summed E-state index contributed by atoms with van der Waals surface area (Å²) >= 11 is 0. The monoisotopic (exact) mass is 1160 g/mol. The molecular weight excluding hydrogens is 1050 g/mol. The number of allylic oxidation sites excluding steroid dienone is 21. The van der Waals surface area contributed by atoms with E-state index in [-0.39, 0.29) is 18.9 Å². The van der Waals surface area contributed by atoms with Gasteiger partial charge in [0.25, 0.3) is 0 Å². The molecule has 0 radical (unpaired) electrons. The SMILES string of the molecule is CC/C=C\C/C=C\C/C=C\C/C=C\C/C=C\C/C=C\C/C=C\C/C=C\CCCCC(=O)NC(COC1OC(CO)C(OC2OC(CO)C(O)C(O)C2O)C(O)C1O)C(O)/C=C/CC/C=C/CC/C=C/CCCCCCCCCCCCCC. The van der Waals surface area contributed by atoms with Crippen LogP contribution in [0.2, 0.25) is 0 Å². The fourth-order valence-electron chi connectivity index (χ4n) is 9.45. The van der Waals surface area contributed by atoms with E-state index >= 15 is 0 Å². The average Bonchev–Trinajstić information content (AvgIpc) is 3.65. The summed E-state index contributed by atoms with van der Waals surface area (Å²) in [4.78, 5) is 13.3. The smallest absolute Gasteiger partial charge is 0.220 e. The first-order chi connectivity index (χ1) is 40.6. The topological polar surface area (TPSA) is 228 Å².